The number of hydrogen-bond acceptors (Lipinski definition) is 3. The van der Waals surface area contributed by atoms with E-state index in [4.69, 9.17) is 4.98 Å². The van der Waals surface area contributed by atoms with Crippen LogP contribution in [0, 0.1) is 5.92 Å². The number of hydrogen-bond donors (Lipinski definition) is 0. The topological polar surface area (TPSA) is 19.4 Å². The molecule has 0 N–H and O–H groups in total. The number of pyridine rings is 1. The minimum absolute atomic E-state index is 0.0637. The average molecular weight is 608 g/mol. The molecule has 1 aromatic heterocycles. The third-order valence-electron chi connectivity index (χ3n) is 10.8. The molecule has 0 saturated carbocycles. The van der Waals surface area contributed by atoms with Crippen LogP contribution in [-0.2, 0) is 5.41 Å². The Kier molecular flexibility index (Phi) is 6.43. The molecule has 0 fully saturated rings. The lowest BCUT2D eigenvalue weighted by atomic mass is 9.74. The highest BCUT2D eigenvalue weighted by Crippen LogP contribution is 2.55. The Labute approximate surface area is 277 Å². The summed E-state index contributed by atoms with van der Waals surface area (Å²) in [6.07, 6.45) is 14.7. The van der Waals surface area contributed by atoms with Crippen LogP contribution in [0.25, 0.3) is 11.1 Å². The molecule has 3 aliphatic carbocycles. The van der Waals surface area contributed by atoms with E-state index in [1.54, 1.807) is 0 Å². The number of aromatic nitrogens is 1. The van der Waals surface area contributed by atoms with Gasteiger partial charge in [0.1, 0.15) is 5.82 Å². The molecule has 228 valence electrons. The first-order valence-electron chi connectivity index (χ1n) is 16.7. The van der Waals surface area contributed by atoms with E-state index in [1.807, 2.05) is 12.3 Å². The Hall–Kier alpha value is -5.41. The van der Waals surface area contributed by atoms with Crippen molar-refractivity contribution in [1.82, 2.24) is 4.98 Å². The number of para-hydroxylation sites is 2. The first kappa shape index (κ1) is 27.9. The van der Waals surface area contributed by atoms with Crippen molar-refractivity contribution >= 4 is 34.0 Å². The second-order valence-corrected chi connectivity index (χ2v) is 13.6. The molecule has 47 heavy (non-hydrogen) atoms. The van der Waals surface area contributed by atoms with Crippen LogP contribution in [0.2, 0.25) is 0 Å². The SMILES string of the molecule is CC1(C)c2ccccc2C2=CC=C(N(c3ccc(C4=CC5c6ccccc6N(c6ccccc6)C5C=C4)cc3)c3ccccn3)CC21. The summed E-state index contributed by atoms with van der Waals surface area (Å²) in [5.41, 5.74) is 13.2. The highest BCUT2D eigenvalue weighted by molar-refractivity contribution is 5.84. The molecule has 0 spiro atoms. The summed E-state index contributed by atoms with van der Waals surface area (Å²) >= 11 is 0. The number of rotatable bonds is 5. The summed E-state index contributed by atoms with van der Waals surface area (Å²) in [5.74, 6) is 1.66. The molecule has 3 unspecified atom stereocenters. The van der Waals surface area contributed by atoms with Gasteiger partial charge in [0.2, 0.25) is 0 Å². The third-order valence-corrected chi connectivity index (χ3v) is 10.8. The Morgan fingerprint density at radius 1 is 0.766 bits per heavy atom. The van der Waals surface area contributed by atoms with E-state index < -0.39 is 0 Å². The minimum atomic E-state index is 0.0637. The molecule has 3 atom stereocenters. The molecule has 2 heterocycles. The van der Waals surface area contributed by atoms with E-state index in [2.05, 4.69) is 169 Å². The summed E-state index contributed by atoms with van der Waals surface area (Å²) in [6.45, 7) is 4.80. The first-order valence-corrected chi connectivity index (χ1v) is 16.7. The molecule has 3 nitrogen and oxygen atoms in total. The van der Waals surface area contributed by atoms with Gasteiger partial charge in [-0.3, -0.25) is 4.90 Å². The Morgan fingerprint density at radius 3 is 2.36 bits per heavy atom. The van der Waals surface area contributed by atoms with Gasteiger partial charge in [-0.1, -0.05) is 117 Å². The Morgan fingerprint density at radius 2 is 1.53 bits per heavy atom. The number of fused-ring (bicyclic) bond motifs is 6. The lowest BCUT2D eigenvalue weighted by Crippen LogP contribution is -2.29. The number of allylic oxidation sites excluding steroid dienone is 6. The summed E-state index contributed by atoms with van der Waals surface area (Å²) < 4.78 is 0. The van der Waals surface area contributed by atoms with Crippen molar-refractivity contribution in [1.29, 1.82) is 0 Å². The highest BCUT2D eigenvalue weighted by Gasteiger charge is 2.44. The lowest BCUT2D eigenvalue weighted by molar-refractivity contribution is 0.406. The molecule has 1 aliphatic heterocycles. The molecule has 9 rings (SSSR count). The number of benzene rings is 4. The van der Waals surface area contributed by atoms with Gasteiger partial charge in [0, 0.05) is 34.9 Å². The molecule has 4 aliphatic rings. The van der Waals surface area contributed by atoms with Crippen molar-refractivity contribution in [2.24, 2.45) is 5.92 Å². The maximum Gasteiger partial charge on any atom is 0.137 e. The van der Waals surface area contributed by atoms with Crippen LogP contribution in [0.4, 0.5) is 22.9 Å². The van der Waals surface area contributed by atoms with E-state index in [1.165, 1.54) is 50.5 Å². The molecule has 3 heteroatoms. The predicted octanol–water partition coefficient (Wildman–Crippen LogP) is 10.8. The second-order valence-electron chi connectivity index (χ2n) is 13.6. The fraction of sp³-hybridized carbons (Fsp3) is 0.159. The zero-order valence-electron chi connectivity index (χ0n) is 26.8. The molecule has 5 aromatic rings. The molecule has 0 bridgehead atoms. The van der Waals surface area contributed by atoms with Crippen LogP contribution < -0.4 is 9.80 Å². The van der Waals surface area contributed by atoms with E-state index >= 15 is 0 Å². The van der Waals surface area contributed by atoms with Crippen LogP contribution in [0.5, 0.6) is 0 Å². The zero-order valence-corrected chi connectivity index (χ0v) is 26.8. The van der Waals surface area contributed by atoms with Gasteiger partial charge in [-0.25, -0.2) is 4.98 Å². The maximum atomic E-state index is 4.83. The molecule has 4 aromatic carbocycles. The quantitative estimate of drug-likeness (QED) is 0.198. The lowest BCUT2D eigenvalue weighted by Gasteiger charge is -2.35. The second kappa shape index (κ2) is 10.8. The summed E-state index contributed by atoms with van der Waals surface area (Å²) in [4.78, 5) is 9.67. The largest absolute Gasteiger partial charge is 0.333 e. The fourth-order valence-corrected chi connectivity index (χ4v) is 8.43. The van der Waals surface area contributed by atoms with Gasteiger partial charge in [0.05, 0.1) is 6.04 Å². The highest BCUT2D eigenvalue weighted by atomic mass is 15.2. The molecule has 0 radical (unpaired) electrons. The van der Waals surface area contributed by atoms with E-state index in [0.717, 1.165) is 17.9 Å². The molecule has 0 amide bonds. The summed E-state index contributed by atoms with van der Waals surface area (Å²) in [7, 11) is 0. The van der Waals surface area contributed by atoms with E-state index in [9.17, 15) is 0 Å². The zero-order chi connectivity index (χ0) is 31.5. The third kappa shape index (κ3) is 4.45. The van der Waals surface area contributed by atoms with Gasteiger partial charge in [-0.05, 0) is 99.7 Å². The van der Waals surface area contributed by atoms with Crippen molar-refractivity contribution in [2.45, 2.75) is 37.6 Å². The van der Waals surface area contributed by atoms with Crippen LogP contribution in [0.3, 0.4) is 0 Å². The normalized spacial score (nSPS) is 21.5. The van der Waals surface area contributed by atoms with Crippen LogP contribution >= 0.6 is 0 Å². The number of anilines is 4. The van der Waals surface area contributed by atoms with Crippen molar-refractivity contribution in [3.63, 3.8) is 0 Å². The van der Waals surface area contributed by atoms with Gasteiger partial charge >= 0.3 is 0 Å². The number of nitrogens with zero attached hydrogens (tertiary/aromatic N) is 3. The minimum Gasteiger partial charge on any atom is -0.333 e. The Bertz CT molecular complexity index is 2100. The average Bonchev–Trinajstić information content (AvgIpc) is 3.58. The predicted molar refractivity (Wildman–Crippen MR) is 195 cm³/mol. The van der Waals surface area contributed by atoms with Gasteiger partial charge in [-0.15, -0.1) is 0 Å². The first-order chi connectivity index (χ1) is 23.1. The fourth-order valence-electron chi connectivity index (χ4n) is 8.43. The summed E-state index contributed by atoms with van der Waals surface area (Å²) in [6, 6.07) is 44.1. The Balaban J connectivity index is 1.05. The van der Waals surface area contributed by atoms with E-state index in [0.29, 0.717) is 11.8 Å². The van der Waals surface area contributed by atoms with E-state index in [-0.39, 0.29) is 11.5 Å². The van der Waals surface area contributed by atoms with Gasteiger partial charge < -0.3 is 4.90 Å². The molecular formula is C44H37N3. The van der Waals surface area contributed by atoms with Crippen LogP contribution in [0.1, 0.15) is 48.4 Å². The van der Waals surface area contributed by atoms with Crippen molar-refractivity contribution in [2.75, 3.05) is 9.80 Å². The van der Waals surface area contributed by atoms with Crippen molar-refractivity contribution in [3.8, 4) is 0 Å². The molecular weight excluding hydrogens is 571 g/mol. The van der Waals surface area contributed by atoms with Crippen LogP contribution in [-0.4, -0.2) is 11.0 Å². The maximum absolute atomic E-state index is 4.83. The summed E-state index contributed by atoms with van der Waals surface area (Å²) in [5, 5.41) is 0. The molecule has 0 saturated heterocycles. The van der Waals surface area contributed by atoms with Gasteiger partial charge in [0.25, 0.3) is 0 Å². The van der Waals surface area contributed by atoms with Gasteiger partial charge in [0.15, 0.2) is 0 Å². The smallest absolute Gasteiger partial charge is 0.137 e. The van der Waals surface area contributed by atoms with Gasteiger partial charge in [-0.2, -0.15) is 0 Å². The monoisotopic (exact) mass is 607 g/mol. The van der Waals surface area contributed by atoms with Crippen molar-refractivity contribution < 1.29 is 0 Å². The van der Waals surface area contributed by atoms with Crippen LogP contribution in [0.15, 0.2) is 164 Å². The van der Waals surface area contributed by atoms with Crippen molar-refractivity contribution in [3.05, 3.63) is 186 Å². The standard InChI is InChI=1S/C44H37N3/c1-44(2)39-16-8-6-14-35(39)36-25-24-34(29-40(36)44)46(43-18-10-11-27-45-43)33-22-19-30(20-23-33)31-21-26-42-38(28-31)37-15-7-9-17-41(37)47(42)32-12-4-3-5-13-32/h3-28,38,40,42H,29H2,1-2H3.